The molecular formula is C24H26FNO5. The van der Waals surface area contributed by atoms with Crippen LogP contribution in [0.2, 0.25) is 0 Å². The van der Waals surface area contributed by atoms with Gasteiger partial charge >= 0.3 is 11.9 Å². The molecule has 0 unspecified atom stereocenters. The predicted molar refractivity (Wildman–Crippen MR) is 115 cm³/mol. The van der Waals surface area contributed by atoms with Crippen LogP contribution in [0.1, 0.15) is 60.0 Å². The van der Waals surface area contributed by atoms with E-state index in [1.54, 1.807) is 0 Å². The van der Waals surface area contributed by atoms with Crippen LogP contribution < -0.4 is 4.74 Å². The summed E-state index contributed by atoms with van der Waals surface area (Å²) in [6, 6.07) is 6.88. The number of esters is 1. The average molecular weight is 427 g/mol. The summed E-state index contributed by atoms with van der Waals surface area (Å²) >= 11 is 0. The quantitative estimate of drug-likeness (QED) is 0.406. The van der Waals surface area contributed by atoms with Crippen LogP contribution in [-0.2, 0) is 11.3 Å². The van der Waals surface area contributed by atoms with Crippen molar-refractivity contribution in [3.05, 3.63) is 82.5 Å². The zero-order chi connectivity index (χ0) is 22.8. The van der Waals surface area contributed by atoms with Crippen molar-refractivity contribution >= 4 is 11.9 Å². The molecule has 0 fully saturated rings. The second-order valence-electron chi connectivity index (χ2n) is 7.26. The molecule has 0 aliphatic rings. The van der Waals surface area contributed by atoms with Crippen molar-refractivity contribution in [3.63, 3.8) is 0 Å². The summed E-state index contributed by atoms with van der Waals surface area (Å²) in [5.41, 5.74) is 2.75. The van der Waals surface area contributed by atoms with Crippen LogP contribution in [0.3, 0.4) is 0 Å². The lowest BCUT2D eigenvalue weighted by atomic mass is 10.1. The number of benzene rings is 1. The van der Waals surface area contributed by atoms with Crippen molar-refractivity contribution in [2.75, 3.05) is 6.61 Å². The minimum absolute atomic E-state index is 0.00560. The molecule has 0 radical (unpaired) electrons. The van der Waals surface area contributed by atoms with E-state index in [1.807, 2.05) is 26.8 Å². The predicted octanol–water partition coefficient (Wildman–Crippen LogP) is 5.35. The Morgan fingerprint density at radius 1 is 1.13 bits per heavy atom. The Morgan fingerprint density at radius 3 is 2.48 bits per heavy atom. The third-order valence-electron chi connectivity index (χ3n) is 4.34. The van der Waals surface area contributed by atoms with Gasteiger partial charge in [0.05, 0.1) is 5.56 Å². The number of aromatic nitrogens is 1. The minimum atomic E-state index is -1.29. The summed E-state index contributed by atoms with van der Waals surface area (Å²) in [4.78, 5) is 27.6. The summed E-state index contributed by atoms with van der Waals surface area (Å²) in [6.45, 7) is 6.15. The number of ether oxygens (including phenoxy) is 2. The number of hydrogen-bond donors (Lipinski definition) is 1. The van der Waals surface area contributed by atoms with Gasteiger partial charge in [-0.3, -0.25) is 0 Å². The van der Waals surface area contributed by atoms with E-state index in [0.29, 0.717) is 5.56 Å². The molecular weight excluding hydrogens is 401 g/mol. The smallest absolute Gasteiger partial charge is 0.358 e. The van der Waals surface area contributed by atoms with E-state index in [-0.39, 0.29) is 36.0 Å². The van der Waals surface area contributed by atoms with E-state index in [9.17, 15) is 19.1 Å². The van der Waals surface area contributed by atoms with Crippen molar-refractivity contribution in [1.82, 2.24) is 4.98 Å². The third kappa shape index (κ3) is 8.04. The number of allylic oxidation sites excluding steroid dienone is 3. The molecule has 0 atom stereocenters. The Bertz CT molecular complexity index is 976. The van der Waals surface area contributed by atoms with Gasteiger partial charge in [-0.2, -0.15) is 0 Å². The topological polar surface area (TPSA) is 85.7 Å². The molecule has 0 aliphatic carbocycles. The molecule has 1 aromatic heterocycles. The molecule has 0 saturated carbocycles. The van der Waals surface area contributed by atoms with Crippen LogP contribution in [0.15, 0.2) is 59.8 Å². The van der Waals surface area contributed by atoms with Crippen molar-refractivity contribution in [2.24, 2.45) is 0 Å². The molecule has 0 aliphatic heterocycles. The number of carboxylic acid groups (broad SMARTS) is 1. The summed E-state index contributed by atoms with van der Waals surface area (Å²) in [5.74, 6) is -2.38. The highest BCUT2D eigenvalue weighted by Crippen LogP contribution is 2.20. The molecule has 0 amide bonds. The molecule has 1 heterocycles. The minimum Gasteiger partial charge on any atom is -0.486 e. The molecule has 2 rings (SSSR count). The third-order valence-corrected chi connectivity index (χ3v) is 4.34. The number of pyridine rings is 1. The maximum atomic E-state index is 13.0. The van der Waals surface area contributed by atoms with Gasteiger partial charge in [-0.1, -0.05) is 29.4 Å². The van der Waals surface area contributed by atoms with Gasteiger partial charge in [-0.25, -0.2) is 19.0 Å². The van der Waals surface area contributed by atoms with E-state index in [0.717, 1.165) is 24.6 Å². The molecule has 164 valence electrons. The van der Waals surface area contributed by atoms with Gasteiger partial charge in [0, 0.05) is 6.20 Å². The second-order valence-corrected chi connectivity index (χ2v) is 7.26. The molecule has 2 aromatic rings. The summed E-state index contributed by atoms with van der Waals surface area (Å²) < 4.78 is 23.8. The Morgan fingerprint density at radius 2 is 1.84 bits per heavy atom. The van der Waals surface area contributed by atoms with Crippen LogP contribution in [0, 0.1) is 5.82 Å². The van der Waals surface area contributed by atoms with Crippen LogP contribution >= 0.6 is 0 Å². The van der Waals surface area contributed by atoms with E-state index in [4.69, 9.17) is 9.47 Å². The molecule has 7 heteroatoms. The van der Waals surface area contributed by atoms with Gasteiger partial charge in [0.2, 0.25) is 0 Å². The molecule has 0 spiro atoms. The molecule has 0 bridgehead atoms. The Balaban J connectivity index is 2.02. The lowest BCUT2D eigenvalue weighted by Crippen LogP contribution is -2.11. The molecule has 1 N–H and O–H groups in total. The largest absolute Gasteiger partial charge is 0.486 e. The maximum absolute atomic E-state index is 13.0. The van der Waals surface area contributed by atoms with Gasteiger partial charge in [0.25, 0.3) is 0 Å². The van der Waals surface area contributed by atoms with Crippen molar-refractivity contribution in [1.29, 1.82) is 0 Å². The second kappa shape index (κ2) is 11.6. The maximum Gasteiger partial charge on any atom is 0.358 e. The SMILES string of the molecule is CC(C)=CCC/C(C)=C/COC(=O)c1cnc(C(=O)O)c(OCc2ccc(F)cc2)c1. The number of rotatable bonds is 10. The lowest BCUT2D eigenvalue weighted by molar-refractivity contribution is 0.0545. The van der Waals surface area contributed by atoms with E-state index in [2.05, 4.69) is 11.1 Å². The zero-order valence-corrected chi connectivity index (χ0v) is 17.9. The first-order valence-corrected chi connectivity index (χ1v) is 9.83. The summed E-state index contributed by atoms with van der Waals surface area (Å²) in [6.07, 6.45) is 6.92. The number of carboxylic acids is 1. The van der Waals surface area contributed by atoms with Gasteiger partial charge in [0.1, 0.15) is 19.0 Å². The van der Waals surface area contributed by atoms with Gasteiger partial charge in [-0.15, -0.1) is 0 Å². The first kappa shape index (κ1) is 23.8. The number of nitrogens with zero attached hydrogens (tertiary/aromatic N) is 1. The fraction of sp³-hybridized carbons (Fsp3) is 0.292. The van der Waals surface area contributed by atoms with Crippen LogP contribution in [0.25, 0.3) is 0 Å². The Labute approximate surface area is 181 Å². The first-order chi connectivity index (χ1) is 14.8. The molecule has 0 saturated heterocycles. The van der Waals surface area contributed by atoms with Crippen LogP contribution in [0.4, 0.5) is 4.39 Å². The number of aromatic carboxylic acids is 1. The monoisotopic (exact) mass is 427 g/mol. The van der Waals surface area contributed by atoms with E-state index >= 15 is 0 Å². The lowest BCUT2D eigenvalue weighted by Gasteiger charge is -2.10. The van der Waals surface area contributed by atoms with Gasteiger partial charge in [0.15, 0.2) is 11.4 Å². The van der Waals surface area contributed by atoms with Gasteiger partial charge in [-0.05, 0) is 63.5 Å². The Hall–Kier alpha value is -3.48. The number of hydrogen-bond acceptors (Lipinski definition) is 5. The van der Waals surface area contributed by atoms with E-state index < -0.39 is 11.9 Å². The summed E-state index contributed by atoms with van der Waals surface area (Å²) in [5, 5.41) is 9.32. The summed E-state index contributed by atoms with van der Waals surface area (Å²) in [7, 11) is 0. The number of halogens is 1. The number of carbonyl (C=O) groups is 2. The van der Waals surface area contributed by atoms with Crippen molar-refractivity contribution in [2.45, 2.75) is 40.2 Å². The molecule has 31 heavy (non-hydrogen) atoms. The van der Waals surface area contributed by atoms with Crippen molar-refractivity contribution in [3.8, 4) is 5.75 Å². The average Bonchev–Trinajstić information content (AvgIpc) is 2.72. The fourth-order valence-electron chi connectivity index (χ4n) is 2.60. The molecule has 6 nitrogen and oxygen atoms in total. The fourth-order valence-corrected chi connectivity index (χ4v) is 2.60. The molecule has 1 aromatic carbocycles. The van der Waals surface area contributed by atoms with Gasteiger partial charge < -0.3 is 14.6 Å². The first-order valence-electron chi connectivity index (χ1n) is 9.83. The highest BCUT2D eigenvalue weighted by atomic mass is 19.1. The Kier molecular flexibility index (Phi) is 8.94. The normalized spacial score (nSPS) is 11.0. The highest BCUT2D eigenvalue weighted by Gasteiger charge is 2.18. The highest BCUT2D eigenvalue weighted by molar-refractivity contribution is 5.93. The number of carbonyl (C=O) groups excluding carboxylic acids is 1. The standard InChI is InChI=1S/C24H26FNO5/c1-16(2)5-4-6-17(3)11-12-30-24(29)19-13-21(22(23(27)28)26-14-19)31-15-18-7-9-20(25)10-8-18/h5,7-11,13-14H,4,6,12,15H2,1-3H3,(H,27,28)/b17-11+. The zero-order valence-electron chi connectivity index (χ0n) is 17.9. The van der Waals surface area contributed by atoms with Crippen molar-refractivity contribution < 1.29 is 28.6 Å². The van der Waals surface area contributed by atoms with Crippen LogP contribution in [0.5, 0.6) is 5.75 Å². The van der Waals surface area contributed by atoms with E-state index in [1.165, 1.54) is 35.9 Å². The van der Waals surface area contributed by atoms with Crippen LogP contribution in [-0.4, -0.2) is 28.6 Å².